The van der Waals surface area contributed by atoms with Gasteiger partial charge < -0.3 is 0 Å². The Morgan fingerprint density at radius 3 is 2.64 bits per heavy atom. The molecule has 11 heavy (non-hydrogen) atoms. The topological polar surface area (TPSA) is 0 Å². The lowest BCUT2D eigenvalue weighted by Gasteiger charge is -1.95. The molecule has 0 saturated heterocycles. The average molecular weight is 150 g/mol. The molecule has 0 atom stereocenters. The Balaban J connectivity index is 3.51. The third-order valence-electron chi connectivity index (χ3n) is 1.49. The molecule has 0 radical (unpaired) electrons. The van der Waals surface area contributed by atoms with Gasteiger partial charge in [-0.1, -0.05) is 49.8 Å². The number of allylic oxidation sites excluding steroid dienone is 5. The molecule has 0 N–H and O–H groups in total. The van der Waals surface area contributed by atoms with Crippen LogP contribution in [-0.2, 0) is 0 Å². The second-order valence-corrected chi connectivity index (χ2v) is 2.65. The molecule has 0 amide bonds. The predicted octanol–water partition coefficient (Wildman–Crippen LogP) is 3.87. The second-order valence-electron chi connectivity index (χ2n) is 2.65. The van der Waals surface area contributed by atoms with Crippen LogP contribution in [0.25, 0.3) is 0 Å². The molecule has 0 unspecified atom stereocenters. The van der Waals surface area contributed by atoms with E-state index in [1.807, 2.05) is 25.2 Å². The minimum Gasteiger partial charge on any atom is -0.0958 e. The lowest BCUT2D eigenvalue weighted by atomic mass is 10.1. The van der Waals surface area contributed by atoms with Gasteiger partial charge in [0, 0.05) is 0 Å². The summed E-state index contributed by atoms with van der Waals surface area (Å²) in [7, 11) is 0. The monoisotopic (exact) mass is 150 g/mol. The van der Waals surface area contributed by atoms with E-state index in [0.29, 0.717) is 0 Å². The summed E-state index contributed by atoms with van der Waals surface area (Å²) in [6.07, 6.45) is 11.8. The summed E-state index contributed by atoms with van der Waals surface area (Å²) >= 11 is 0. The first-order valence-corrected chi connectivity index (χ1v) is 4.28. The van der Waals surface area contributed by atoms with E-state index in [2.05, 4.69) is 19.6 Å². The molecule has 0 heterocycles. The molecular formula is C11H18. The van der Waals surface area contributed by atoms with Crippen molar-refractivity contribution in [3.8, 4) is 0 Å². The normalized spacial score (nSPS) is 11.5. The van der Waals surface area contributed by atoms with Crippen molar-refractivity contribution in [3.05, 3.63) is 36.5 Å². The number of unbranched alkanes of at least 4 members (excludes halogenated alkanes) is 1. The van der Waals surface area contributed by atoms with Crippen LogP contribution in [0.5, 0.6) is 0 Å². The standard InChI is InChI=1S/C11H18/c1-4-6-8-10-11(3)9-7-5-2/h4,6,8,10H,3,5,7,9H2,1-2H3/b6-4-,10-8-. The zero-order chi connectivity index (χ0) is 8.53. The predicted molar refractivity (Wildman–Crippen MR) is 52.6 cm³/mol. The highest BCUT2D eigenvalue weighted by Gasteiger charge is 1.85. The molecular weight excluding hydrogens is 132 g/mol. The molecule has 0 aromatic rings. The fourth-order valence-corrected chi connectivity index (χ4v) is 0.790. The molecule has 0 rings (SSSR count). The fourth-order valence-electron chi connectivity index (χ4n) is 0.790. The molecule has 0 saturated carbocycles. The first-order valence-electron chi connectivity index (χ1n) is 4.28. The Kier molecular flexibility index (Phi) is 6.81. The van der Waals surface area contributed by atoms with Gasteiger partial charge in [-0.2, -0.15) is 0 Å². The zero-order valence-electron chi connectivity index (χ0n) is 7.64. The van der Waals surface area contributed by atoms with E-state index in [-0.39, 0.29) is 0 Å². The fraction of sp³-hybridized carbons (Fsp3) is 0.455. The van der Waals surface area contributed by atoms with Crippen molar-refractivity contribution in [2.75, 3.05) is 0 Å². The van der Waals surface area contributed by atoms with Crippen molar-refractivity contribution in [2.24, 2.45) is 0 Å². The molecule has 0 aliphatic heterocycles. The Bertz CT molecular complexity index is 149. The summed E-state index contributed by atoms with van der Waals surface area (Å²) in [4.78, 5) is 0. The van der Waals surface area contributed by atoms with Crippen molar-refractivity contribution in [1.29, 1.82) is 0 Å². The molecule has 0 aliphatic rings. The highest BCUT2D eigenvalue weighted by molar-refractivity contribution is 5.18. The van der Waals surface area contributed by atoms with Gasteiger partial charge in [0.1, 0.15) is 0 Å². The van der Waals surface area contributed by atoms with E-state index in [1.165, 1.54) is 18.4 Å². The summed E-state index contributed by atoms with van der Waals surface area (Å²) in [5.41, 5.74) is 1.23. The molecule has 0 heteroatoms. The van der Waals surface area contributed by atoms with Crippen molar-refractivity contribution in [3.63, 3.8) is 0 Å². The van der Waals surface area contributed by atoms with Gasteiger partial charge in [0.25, 0.3) is 0 Å². The van der Waals surface area contributed by atoms with Crippen molar-refractivity contribution in [1.82, 2.24) is 0 Å². The minimum atomic E-state index is 1.13. The van der Waals surface area contributed by atoms with E-state index in [0.717, 1.165) is 6.42 Å². The third-order valence-corrected chi connectivity index (χ3v) is 1.49. The zero-order valence-corrected chi connectivity index (χ0v) is 7.64. The summed E-state index contributed by atoms with van der Waals surface area (Å²) in [6.45, 7) is 8.15. The maximum Gasteiger partial charge on any atom is -0.0285 e. The number of hydrogen-bond donors (Lipinski definition) is 0. The van der Waals surface area contributed by atoms with Gasteiger partial charge in [-0.3, -0.25) is 0 Å². The molecule has 62 valence electrons. The van der Waals surface area contributed by atoms with Crippen LogP contribution < -0.4 is 0 Å². The lowest BCUT2D eigenvalue weighted by Crippen LogP contribution is -1.75. The highest BCUT2D eigenvalue weighted by Crippen LogP contribution is 2.05. The SMILES string of the molecule is C=C(/C=C\C=C/C)CCCC. The quantitative estimate of drug-likeness (QED) is 0.522. The average Bonchev–Trinajstić information content (AvgIpc) is 2.01. The second kappa shape index (κ2) is 7.33. The van der Waals surface area contributed by atoms with Gasteiger partial charge >= 0.3 is 0 Å². The van der Waals surface area contributed by atoms with Crippen LogP contribution in [0.4, 0.5) is 0 Å². The Labute approximate surface area is 70.3 Å². The van der Waals surface area contributed by atoms with Crippen LogP contribution in [0.15, 0.2) is 36.5 Å². The molecule has 0 nitrogen and oxygen atoms in total. The number of rotatable bonds is 5. The van der Waals surface area contributed by atoms with Crippen molar-refractivity contribution < 1.29 is 0 Å². The van der Waals surface area contributed by atoms with Crippen LogP contribution in [0.1, 0.15) is 33.1 Å². The van der Waals surface area contributed by atoms with E-state index in [9.17, 15) is 0 Å². The molecule has 0 bridgehead atoms. The molecule has 0 aliphatic carbocycles. The maximum absolute atomic E-state index is 3.94. The van der Waals surface area contributed by atoms with Gasteiger partial charge in [0.15, 0.2) is 0 Å². The summed E-state index contributed by atoms with van der Waals surface area (Å²) in [5.74, 6) is 0. The summed E-state index contributed by atoms with van der Waals surface area (Å²) in [6, 6.07) is 0. The molecule has 0 aromatic heterocycles. The van der Waals surface area contributed by atoms with Gasteiger partial charge in [0.2, 0.25) is 0 Å². The first kappa shape index (κ1) is 10.2. The lowest BCUT2D eigenvalue weighted by molar-refractivity contribution is 0.799. The van der Waals surface area contributed by atoms with Crippen LogP contribution in [0.3, 0.4) is 0 Å². The van der Waals surface area contributed by atoms with Crippen LogP contribution in [0.2, 0.25) is 0 Å². The Morgan fingerprint density at radius 2 is 2.09 bits per heavy atom. The largest absolute Gasteiger partial charge is 0.0958 e. The number of hydrogen-bond acceptors (Lipinski definition) is 0. The van der Waals surface area contributed by atoms with Crippen LogP contribution in [0, 0.1) is 0 Å². The van der Waals surface area contributed by atoms with Crippen LogP contribution in [-0.4, -0.2) is 0 Å². The highest BCUT2D eigenvalue weighted by atomic mass is 13.9. The third kappa shape index (κ3) is 7.11. The Morgan fingerprint density at radius 1 is 1.36 bits per heavy atom. The summed E-state index contributed by atoms with van der Waals surface area (Å²) in [5, 5.41) is 0. The maximum atomic E-state index is 3.94. The smallest absolute Gasteiger partial charge is 0.0285 e. The van der Waals surface area contributed by atoms with E-state index >= 15 is 0 Å². The van der Waals surface area contributed by atoms with Gasteiger partial charge in [-0.15, -0.1) is 0 Å². The van der Waals surface area contributed by atoms with Crippen molar-refractivity contribution >= 4 is 0 Å². The molecule has 0 spiro atoms. The van der Waals surface area contributed by atoms with Gasteiger partial charge in [0.05, 0.1) is 0 Å². The molecule has 0 fully saturated rings. The molecule has 0 aromatic carbocycles. The van der Waals surface area contributed by atoms with Gasteiger partial charge in [-0.05, 0) is 19.8 Å². The minimum absolute atomic E-state index is 1.13. The van der Waals surface area contributed by atoms with E-state index < -0.39 is 0 Å². The van der Waals surface area contributed by atoms with E-state index in [4.69, 9.17) is 0 Å². The van der Waals surface area contributed by atoms with E-state index in [1.54, 1.807) is 0 Å². The van der Waals surface area contributed by atoms with Gasteiger partial charge in [-0.25, -0.2) is 0 Å². The summed E-state index contributed by atoms with van der Waals surface area (Å²) < 4.78 is 0. The Hall–Kier alpha value is -0.780. The first-order chi connectivity index (χ1) is 5.31. The van der Waals surface area contributed by atoms with Crippen LogP contribution >= 0.6 is 0 Å². The van der Waals surface area contributed by atoms with Crippen molar-refractivity contribution in [2.45, 2.75) is 33.1 Å².